The van der Waals surface area contributed by atoms with Crippen LogP contribution in [0.2, 0.25) is 5.02 Å². The monoisotopic (exact) mass is 352 g/mol. The Labute approximate surface area is 133 Å². The predicted octanol–water partition coefficient (Wildman–Crippen LogP) is 4.70. The summed E-state index contributed by atoms with van der Waals surface area (Å²) >= 11 is 9.83. The van der Waals surface area contributed by atoms with E-state index in [-0.39, 0.29) is 6.04 Å². The van der Waals surface area contributed by atoms with Crippen molar-refractivity contribution in [3.05, 3.63) is 62.8 Å². The van der Waals surface area contributed by atoms with Gasteiger partial charge in [-0.1, -0.05) is 46.6 Å². The van der Waals surface area contributed by atoms with Crippen LogP contribution >= 0.6 is 27.5 Å². The number of benzene rings is 1. The molecule has 1 N–H and O–H groups in total. The van der Waals surface area contributed by atoms with E-state index in [1.165, 1.54) is 11.1 Å². The Hall–Kier alpha value is -0.900. The van der Waals surface area contributed by atoms with Crippen LogP contribution in [-0.4, -0.2) is 11.5 Å². The lowest BCUT2D eigenvalue weighted by atomic mass is 9.95. The Morgan fingerprint density at radius 3 is 2.85 bits per heavy atom. The average molecular weight is 354 g/mol. The first-order chi connectivity index (χ1) is 9.63. The molecule has 1 unspecified atom stereocenters. The molecule has 0 saturated heterocycles. The Balaban J connectivity index is 2.32. The normalized spacial score (nSPS) is 12.4. The number of pyridine rings is 1. The third kappa shape index (κ3) is 3.60. The van der Waals surface area contributed by atoms with Crippen LogP contribution in [0.5, 0.6) is 0 Å². The minimum absolute atomic E-state index is 0.248. The Morgan fingerprint density at radius 1 is 1.35 bits per heavy atom. The smallest absolute Gasteiger partial charge is 0.0622 e. The van der Waals surface area contributed by atoms with E-state index in [0.717, 1.165) is 28.0 Å². The highest BCUT2D eigenvalue weighted by Crippen LogP contribution is 2.28. The van der Waals surface area contributed by atoms with Crippen LogP contribution in [0.4, 0.5) is 0 Å². The van der Waals surface area contributed by atoms with E-state index in [0.29, 0.717) is 0 Å². The topological polar surface area (TPSA) is 24.9 Å². The lowest BCUT2D eigenvalue weighted by molar-refractivity contribution is 0.547. The minimum Gasteiger partial charge on any atom is -0.310 e. The summed E-state index contributed by atoms with van der Waals surface area (Å²) in [5.41, 5.74) is 3.68. The fourth-order valence-electron chi connectivity index (χ4n) is 2.33. The predicted molar refractivity (Wildman–Crippen MR) is 88.2 cm³/mol. The third-order valence-electron chi connectivity index (χ3n) is 3.42. The second kappa shape index (κ2) is 7.21. The summed E-state index contributed by atoms with van der Waals surface area (Å²) in [6, 6.07) is 8.55. The molecule has 1 atom stereocenters. The van der Waals surface area contributed by atoms with Crippen molar-refractivity contribution in [1.82, 2.24) is 10.3 Å². The van der Waals surface area contributed by atoms with E-state index in [4.69, 9.17) is 11.6 Å². The maximum atomic E-state index is 6.23. The van der Waals surface area contributed by atoms with Gasteiger partial charge in [0.15, 0.2) is 0 Å². The summed E-state index contributed by atoms with van der Waals surface area (Å²) in [5, 5.41) is 4.27. The van der Waals surface area contributed by atoms with Crippen LogP contribution in [0.3, 0.4) is 0 Å². The van der Waals surface area contributed by atoms with Crippen molar-refractivity contribution in [2.24, 2.45) is 0 Å². The van der Waals surface area contributed by atoms with Gasteiger partial charge < -0.3 is 5.32 Å². The Morgan fingerprint density at radius 2 is 2.15 bits per heavy atom. The molecule has 0 bridgehead atoms. The SMILES string of the molecule is CCNC(Cc1ccncc1Cl)c1cccc(Br)c1C. The van der Waals surface area contributed by atoms with Crippen molar-refractivity contribution in [3.8, 4) is 0 Å². The van der Waals surface area contributed by atoms with E-state index in [9.17, 15) is 0 Å². The van der Waals surface area contributed by atoms with Crippen molar-refractivity contribution in [2.75, 3.05) is 6.54 Å². The van der Waals surface area contributed by atoms with E-state index in [2.05, 4.69) is 58.3 Å². The van der Waals surface area contributed by atoms with E-state index in [1.807, 2.05) is 6.07 Å². The molecule has 2 aromatic rings. The van der Waals surface area contributed by atoms with Gasteiger partial charge >= 0.3 is 0 Å². The molecule has 20 heavy (non-hydrogen) atoms. The highest BCUT2D eigenvalue weighted by Gasteiger charge is 2.16. The average Bonchev–Trinajstić information content (AvgIpc) is 2.44. The number of aromatic nitrogens is 1. The highest BCUT2D eigenvalue weighted by atomic mass is 79.9. The zero-order valence-corrected chi connectivity index (χ0v) is 14.0. The quantitative estimate of drug-likeness (QED) is 0.843. The van der Waals surface area contributed by atoms with E-state index in [1.54, 1.807) is 12.4 Å². The Kier molecular flexibility index (Phi) is 5.58. The first-order valence-electron chi connectivity index (χ1n) is 6.70. The molecule has 0 aliphatic heterocycles. The van der Waals surface area contributed by atoms with E-state index >= 15 is 0 Å². The van der Waals surface area contributed by atoms with Gasteiger partial charge in [0.05, 0.1) is 5.02 Å². The number of hydrogen-bond acceptors (Lipinski definition) is 2. The molecule has 0 aliphatic carbocycles. The van der Waals surface area contributed by atoms with Crippen LogP contribution in [0, 0.1) is 6.92 Å². The molecule has 0 radical (unpaired) electrons. The van der Waals surface area contributed by atoms with Gasteiger partial charge in [0.25, 0.3) is 0 Å². The molecular formula is C16H18BrClN2. The standard InChI is InChI=1S/C16H18BrClN2/c1-3-20-16(9-12-7-8-19-10-15(12)18)13-5-4-6-14(17)11(13)2/h4-8,10,16,20H,3,9H2,1-2H3. The molecule has 1 heterocycles. The molecule has 0 fully saturated rings. The van der Waals surface area contributed by atoms with Crippen LogP contribution in [0.1, 0.15) is 29.7 Å². The van der Waals surface area contributed by atoms with Crippen molar-refractivity contribution in [1.29, 1.82) is 0 Å². The van der Waals surface area contributed by atoms with Crippen molar-refractivity contribution < 1.29 is 0 Å². The summed E-state index contributed by atoms with van der Waals surface area (Å²) in [7, 11) is 0. The van der Waals surface area contributed by atoms with Gasteiger partial charge in [-0.3, -0.25) is 4.98 Å². The zero-order chi connectivity index (χ0) is 14.5. The summed E-state index contributed by atoms with van der Waals surface area (Å²) < 4.78 is 1.14. The number of nitrogens with zero attached hydrogens (tertiary/aromatic N) is 1. The lowest BCUT2D eigenvalue weighted by Crippen LogP contribution is -2.24. The van der Waals surface area contributed by atoms with Crippen molar-refractivity contribution >= 4 is 27.5 Å². The second-order valence-electron chi connectivity index (χ2n) is 4.74. The number of halogens is 2. The van der Waals surface area contributed by atoms with Crippen LogP contribution in [-0.2, 0) is 6.42 Å². The van der Waals surface area contributed by atoms with E-state index < -0.39 is 0 Å². The molecular weight excluding hydrogens is 336 g/mol. The van der Waals surface area contributed by atoms with Crippen molar-refractivity contribution in [2.45, 2.75) is 26.3 Å². The van der Waals surface area contributed by atoms with Crippen LogP contribution in [0.15, 0.2) is 41.1 Å². The summed E-state index contributed by atoms with van der Waals surface area (Å²) in [6.07, 6.45) is 4.35. The number of likely N-dealkylation sites (N-methyl/N-ethyl adjacent to an activating group) is 1. The van der Waals surface area contributed by atoms with Gasteiger partial charge in [-0.15, -0.1) is 0 Å². The van der Waals surface area contributed by atoms with Crippen LogP contribution < -0.4 is 5.32 Å². The first-order valence-corrected chi connectivity index (χ1v) is 7.87. The summed E-state index contributed by atoms with van der Waals surface area (Å²) in [6.45, 7) is 5.17. The lowest BCUT2D eigenvalue weighted by Gasteiger charge is -2.21. The molecule has 2 rings (SSSR count). The summed E-state index contributed by atoms with van der Waals surface area (Å²) in [4.78, 5) is 4.04. The fraction of sp³-hybridized carbons (Fsp3) is 0.312. The molecule has 106 valence electrons. The number of rotatable bonds is 5. The molecule has 0 amide bonds. The third-order valence-corrected chi connectivity index (χ3v) is 4.62. The van der Waals surface area contributed by atoms with Gasteiger partial charge in [0, 0.05) is 22.9 Å². The largest absolute Gasteiger partial charge is 0.310 e. The minimum atomic E-state index is 0.248. The molecule has 0 saturated carbocycles. The maximum Gasteiger partial charge on any atom is 0.0622 e. The first kappa shape index (κ1) is 15.5. The van der Waals surface area contributed by atoms with Gasteiger partial charge in [0.2, 0.25) is 0 Å². The van der Waals surface area contributed by atoms with Gasteiger partial charge in [-0.2, -0.15) is 0 Å². The number of hydrogen-bond donors (Lipinski definition) is 1. The highest BCUT2D eigenvalue weighted by molar-refractivity contribution is 9.10. The zero-order valence-electron chi connectivity index (χ0n) is 11.7. The number of nitrogens with one attached hydrogen (secondary N) is 1. The van der Waals surface area contributed by atoms with Gasteiger partial charge in [-0.25, -0.2) is 0 Å². The summed E-state index contributed by atoms with van der Waals surface area (Å²) in [5.74, 6) is 0. The van der Waals surface area contributed by atoms with Crippen LogP contribution in [0.25, 0.3) is 0 Å². The molecule has 0 spiro atoms. The maximum absolute atomic E-state index is 6.23. The molecule has 1 aromatic carbocycles. The molecule has 2 nitrogen and oxygen atoms in total. The van der Waals surface area contributed by atoms with Gasteiger partial charge in [-0.05, 0) is 48.7 Å². The molecule has 4 heteroatoms. The fourth-order valence-corrected chi connectivity index (χ4v) is 2.91. The molecule has 1 aromatic heterocycles. The van der Waals surface area contributed by atoms with Gasteiger partial charge in [0.1, 0.15) is 0 Å². The van der Waals surface area contributed by atoms with Crippen molar-refractivity contribution in [3.63, 3.8) is 0 Å². The second-order valence-corrected chi connectivity index (χ2v) is 6.00. The molecule has 0 aliphatic rings. The Bertz CT molecular complexity index is 586.